The van der Waals surface area contributed by atoms with E-state index >= 15 is 0 Å². The summed E-state index contributed by atoms with van der Waals surface area (Å²) in [5, 5.41) is 4.87. The summed E-state index contributed by atoms with van der Waals surface area (Å²) in [6.45, 7) is 1.40. The zero-order chi connectivity index (χ0) is 17.3. The molecular formula is C13H17F3N2O4S. The van der Waals surface area contributed by atoms with Gasteiger partial charge in [-0.3, -0.25) is 0 Å². The maximum atomic E-state index is 13.1. The topological polar surface area (TPSA) is 81.9 Å². The van der Waals surface area contributed by atoms with Crippen LogP contribution in [0.3, 0.4) is 0 Å². The van der Waals surface area contributed by atoms with Crippen molar-refractivity contribution in [1.29, 1.82) is 0 Å². The summed E-state index contributed by atoms with van der Waals surface area (Å²) in [7, 11) is -2.96. The van der Waals surface area contributed by atoms with Crippen molar-refractivity contribution in [2.24, 2.45) is 5.14 Å². The van der Waals surface area contributed by atoms with Gasteiger partial charge in [0, 0.05) is 25.9 Å². The number of halogens is 3. The molecule has 1 heterocycles. The van der Waals surface area contributed by atoms with Crippen LogP contribution >= 0.6 is 0 Å². The molecule has 1 aliphatic heterocycles. The molecule has 130 valence electrons. The SMILES string of the molecule is COCC1CN(c2ccc(S(N)(=O)=O)c(C(F)(F)F)c2)CCO1. The largest absolute Gasteiger partial charge is 0.417 e. The minimum atomic E-state index is -4.82. The van der Waals surface area contributed by atoms with E-state index in [1.807, 2.05) is 0 Å². The van der Waals surface area contributed by atoms with Gasteiger partial charge in [-0.05, 0) is 18.2 Å². The lowest BCUT2D eigenvalue weighted by molar-refractivity contribution is -0.139. The van der Waals surface area contributed by atoms with E-state index in [9.17, 15) is 21.6 Å². The number of morpholine rings is 1. The Balaban J connectivity index is 2.38. The Kier molecular flexibility index (Phi) is 5.19. The number of primary sulfonamides is 1. The molecule has 0 aliphatic carbocycles. The summed E-state index contributed by atoms with van der Waals surface area (Å²) in [6, 6.07) is 2.99. The number of hydrogen-bond donors (Lipinski definition) is 1. The highest BCUT2D eigenvalue weighted by Gasteiger charge is 2.37. The molecule has 0 spiro atoms. The van der Waals surface area contributed by atoms with Crippen LogP contribution < -0.4 is 10.0 Å². The molecule has 23 heavy (non-hydrogen) atoms. The van der Waals surface area contributed by atoms with Crippen LogP contribution in [0.4, 0.5) is 18.9 Å². The molecule has 1 fully saturated rings. The summed E-state index contributed by atoms with van der Waals surface area (Å²) < 4.78 is 72.5. The summed E-state index contributed by atoms with van der Waals surface area (Å²) >= 11 is 0. The Hall–Kier alpha value is -1.36. The molecule has 1 saturated heterocycles. The van der Waals surface area contributed by atoms with Crippen molar-refractivity contribution in [3.05, 3.63) is 23.8 Å². The van der Waals surface area contributed by atoms with Crippen LogP contribution in [-0.4, -0.2) is 47.9 Å². The van der Waals surface area contributed by atoms with Gasteiger partial charge in [0.15, 0.2) is 0 Å². The zero-order valence-electron chi connectivity index (χ0n) is 12.3. The zero-order valence-corrected chi connectivity index (χ0v) is 13.2. The summed E-state index contributed by atoms with van der Waals surface area (Å²) in [5.41, 5.74) is -1.01. The first kappa shape index (κ1) is 18.0. The predicted octanol–water partition coefficient (Wildman–Crippen LogP) is 1.20. The fourth-order valence-corrected chi connectivity index (χ4v) is 3.16. The average molecular weight is 354 g/mol. The van der Waals surface area contributed by atoms with E-state index in [-0.39, 0.29) is 11.8 Å². The monoisotopic (exact) mass is 354 g/mol. The molecule has 1 aliphatic rings. The Bertz CT molecular complexity index is 662. The second kappa shape index (κ2) is 6.63. The van der Waals surface area contributed by atoms with Crippen molar-refractivity contribution < 1.29 is 31.1 Å². The van der Waals surface area contributed by atoms with Crippen molar-refractivity contribution in [2.75, 3.05) is 38.3 Å². The van der Waals surface area contributed by atoms with E-state index in [0.29, 0.717) is 26.3 Å². The molecular weight excluding hydrogens is 337 g/mol. The average Bonchev–Trinajstić information content (AvgIpc) is 2.45. The standard InChI is InChI=1S/C13H17F3N2O4S/c1-21-8-10-7-18(4-5-22-10)9-2-3-12(23(17,19)20)11(6-9)13(14,15)16/h2-3,6,10H,4-5,7-8H2,1H3,(H2,17,19,20). The van der Waals surface area contributed by atoms with Crippen molar-refractivity contribution in [3.63, 3.8) is 0 Å². The molecule has 1 aromatic rings. The van der Waals surface area contributed by atoms with E-state index in [1.165, 1.54) is 13.2 Å². The Morgan fingerprint density at radius 2 is 2.13 bits per heavy atom. The number of methoxy groups -OCH3 is 1. The molecule has 1 unspecified atom stereocenters. The van der Waals surface area contributed by atoms with Gasteiger partial charge in [0.2, 0.25) is 10.0 Å². The first-order valence-electron chi connectivity index (χ1n) is 6.72. The lowest BCUT2D eigenvalue weighted by Crippen LogP contribution is -2.44. The van der Waals surface area contributed by atoms with Crippen molar-refractivity contribution >= 4 is 15.7 Å². The highest BCUT2D eigenvalue weighted by Crippen LogP contribution is 2.36. The normalized spacial score (nSPS) is 19.9. The molecule has 10 heteroatoms. The Morgan fingerprint density at radius 1 is 1.43 bits per heavy atom. The minimum absolute atomic E-state index is 0.258. The Labute approximate surface area is 132 Å². The molecule has 6 nitrogen and oxygen atoms in total. The number of hydrogen-bond acceptors (Lipinski definition) is 5. The number of ether oxygens (including phenoxy) is 2. The molecule has 2 N–H and O–H groups in total. The number of alkyl halides is 3. The van der Waals surface area contributed by atoms with Gasteiger partial charge in [0.25, 0.3) is 0 Å². The predicted molar refractivity (Wildman–Crippen MR) is 76.6 cm³/mol. The van der Waals surface area contributed by atoms with Gasteiger partial charge >= 0.3 is 6.18 Å². The van der Waals surface area contributed by atoms with Gasteiger partial charge in [0.1, 0.15) is 0 Å². The quantitative estimate of drug-likeness (QED) is 0.879. The van der Waals surface area contributed by atoms with E-state index < -0.39 is 26.7 Å². The summed E-state index contributed by atoms with van der Waals surface area (Å²) in [6.07, 6.45) is -5.09. The van der Waals surface area contributed by atoms with E-state index in [0.717, 1.165) is 12.1 Å². The molecule has 0 amide bonds. The third-order valence-electron chi connectivity index (χ3n) is 3.43. The van der Waals surface area contributed by atoms with Gasteiger partial charge < -0.3 is 14.4 Å². The van der Waals surface area contributed by atoms with E-state index in [4.69, 9.17) is 14.6 Å². The number of sulfonamides is 1. The summed E-state index contributed by atoms with van der Waals surface area (Å²) in [5.74, 6) is 0. The van der Waals surface area contributed by atoms with Crippen molar-refractivity contribution in [2.45, 2.75) is 17.2 Å². The van der Waals surface area contributed by atoms with Gasteiger partial charge in [-0.2, -0.15) is 13.2 Å². The van der Waals surface area contributed by atoms with Crippen molar-refractivity contribution in [1.82, 2.24) is 0 Å². The number of nitrogens with zero attached hydrogens (tertiary/aromatic N) is 1. The van der Waals surface area contributed by atoms with Gasteiger partial charge in [-0.15, -0.1) is 0 Å². The van der Waals surface area contributed by atoms with Gasteiger partial charge in [-0.25, -0.2) is 13.6 Å². The highest BCUT2D eigenvalue weighted by atomic mass is 32.2. The fraction of sp³-hybridized carbons (Fsp3) is 0.538. The van der Waals surface area contributed by atoms with Crippen LogP contribution in [0.5, 0.6) is 0 Å². The van der Waals surface area contributed by atoms with Crippen molar-refractivity contribution in [3.8, 4) is 0 Å². The number of nitrogens with two attached hydrogens (primary N) is 1. The van der Waals surface area contributed by atoms with E-state index in [2.05, 4.69) is 0 Å². The lowest BCUT2D eigenvalue weighted by Gasteiger charge is -2.34. The van der Waals surface area contributed by atoms with Crippen LogP contribution in [0.15, 0.2) is 23.1 Å². The third kappa shape index (κ3) is 4.34. The Morgan fingerprint density at radius 3 is 2.70 bits per heavy atom. The first-order chi connectivity index (χ1) is 10.6. The highest BCUT2D eigenvalue weighted by molar-refractivity contribution is 7.89. The van der Waals surface area contributed by atoms with Gasteiger partial charge in [-0.1, -0.05) is 0 Å². The van der Waals surface area contributed by atoms with Crippen LogP contribution in [-0.2, 0) is 25.7 Å². The smallest absolute Gasteiger partial charge is 0.382 e. The maximum Gasteiger partial charge on any atom is 0.417 e. The fourth-order valence-electron chi connectivity index (χ4n) is 2.42. The van der Waals surface area contributed by atoms with Gasteiger partial charge in [0.05, 0.1) is 29.8 Å². The lowest BCUT2D eigenvalue weighted by atomic mass is 10.1. The molecule has 0 aromatic heterocycles. The number of benzene rings is 1. The van der Waals surface area contributed by atoms with Crippen LogP contribution in [0, 0.1) is 0 Å². The number of rotatable bonds is 4. The molecule has 2 rings (SSSR count). The van der Waals surface area contributed by atoms with Crippen LogP contribution in [0.2, 0.25) is 0 Å². The third-order valence-corrected chi connectivity index (χ3v) is 4.40. The van der Waals surface area contributed by atoms with E-state index in [1.54, 1.807) is 4.90 Å². The maximum absolute atomic E-state index is 13.1. The minimum Gasteiger partial charge on any atom is -0.382 e. The molecule has 0 bridgehead atoms. The second-order valence-electron chi connectivity index (χ2n) is 5.12. The second-order valence-corrected chi connectivity index (χ2v) is 6.65. The number of anilines is 1. The first-order valence-corrected chi connectivity index (χ1v) is 8.27. The van der Waals surface area contributed by atoms with Crippen LogP contribution in [0.1, 0.15) is 5.56 Å². The molecule has 0 radical (unpaired) electrons. The molecule has 1 aromatic carbocycles. The summed E-state index contributed by atoms with van der Waals surface area (Å²) in [4.78, 5) is 0.755. The molecule has 1 atom stereocenters. The van der Waals surface area contributed by atoms with Crippen LogP contribution in [0.25, 0.3) is 0 Å². The molecule has 0 saturated carbocycles.